The summed E-state index contributed by atoms with van der Waals surface area (Å²) in [5, 5.41) is 8.44. The molecule has 0 unspecified atom stereocenters. The van der Waals surface area contributed by atoms with E-state index in [1.165, 1.54) is 37.3 Å². The van der Waals surface area contributed by atoms with Crippen LogP contribution in [0, 0.1) is 23.2 Å². The van der Waals surface area contributed by atoms with Gasteiger partial charge < -0.3 is 4.74 Å². The lowest BCUT2D eigenvalue weighted by Crippen LogP contribution is -2.25. The van der Waals surface area contributed by atoms with Gasteiger partial charge in [0.05, 0.1) is 12.0 Å². The number of ether oxygens (including phenoxy) is 1. The van der Waals surface area contributed by atoms with Crippen molar-refractivity contribution in [1.82, 2.24) is 0 Å². The number of carbonyl (C=O) groups excluding carboxylic acids is 1. The molecule has 0 amide bonds. The third-order valence-electron chi connectivity index (χ3n) is 5.80. The maximum atomic E-state index is 12.5. The number of allylic oxidation sites excluding steroid dienone is 4. The summed E-state index contributed by atoms with van der Waals surface area (Å²) in [7, 11) is 0. The van der Waals surface area contributed by atoms with E-state index in [1.807, 2.05) is 24.3 Å². The molecule has 2 rings (SSSR count). The van der Waals surface area contributed by atoms with E-state index in [1.54, 1.807) is 6.08 Å². The van der Waals surface area contributed by atoms with E-state index in [0.29, 0.717) is 11.7 Å². The molecule has 1 aromatic rings. The molecule has 156 valence electrons. The zero-order valence-electron chi connectivity index (χ0n) is 17.8. The monoisotopic (exact) mass is 393 g/mol. The highest BCUT2D eigenvalue weighted by atomic mass is 16.5. The minimum atomic E-state index is -0.0688. The molecule has 0 aromatic heterocycles. The fourth-order valence-corrected chi connectivity index (χ4v) is 3.97. The molecule has 0 aliphatic heterocycles. The smallest absolute Gasteiger partial charge is 0.314 e. The maximum Gasteiger partial charge on any atom is 0.314 e. The van der Waals surface area contributed by atoms with E-state index in [2.05, 4.69) is 25.1 Å². The Labute approximate surface area is 176 Å². The topological polar surface area (TPSA) is 50.1 Å². The SMILES string of the molecule is CCCCCCc1ccc(OC(=O)[C@H]2CC[C@H](CCC=CC=CC#N)CC2)cc1. The summed E-state index contributed by atoms with van der Waals surface area (Å²) in [4.78, 5) is 12.5. The molecule has 0 radical (unpaired) electrons. The Bertz CT molecular complexity index is 688. The van der Waals surface area contributed by atoms with E-state index in [9.17, 15) is 4.79 Å². The van der Waals surface area contributed by atoms with E-state index in [0.717, 1.165) is 44.9 Å². The van der Waals surface area contributed by atoms with Gasteiger partial charge >= 0.3 is 5.97 Å². The number of benzene rings is 1. The molecule has 1 aliphatic carbocycles. The Morgan fingerprint density at radius 1 is 1.10 bits per heavy atom. The standard InChI is InChI=1S/C26H35NO2/c1-2-3-4-8-11-23-15-19-25(20-16-23)29-26(28)24-17-13-22(14-18-24)12-9-6-5-7-10-21-27/h5-7,10,15-16,19-20,22,24H,2-4,8-9,11-14,17-18H2,1H3/t22-,24-. The first-order chi connectivity index (χ1) is 14.2. The molecule has 0 N–H and O–H groups in total. The quantitative estimate of drug-likeness (QED) is 0.134. The number of rotatable bonds is 11. The predicted octanol–water partition coefficient (Wildman–Crippen LogP) is 6.94. The lowest BCUT2D eigenvalue weighted by molar-refractivity contribution is -0.140. The van der Waals surface area contributed by atoms with Gasteiger partial charge in [0.25, 0.3) is 0 Å². The first kappa shape index (κ1) is 22.9. The van der Waals surface area contributed by atoms with Gasteiger partial charge in [-0.25, -0.2) is 0 Å². The molecular weight excluding hydrogens is 358 g/mol. The highest BCUT2D eigenvalue weighted by molar-refractivity contribution is 5.75. The molecule has 1 fully saturated rings. The highest BCUT2D eigenvalue weighted by Gasteiger charge is 2.27. The summed E-state index contributed by atoms with van der Waals surface area (Å²) in [5.74, 6) is 1.33. The van der Waals surface area contributed by atoms with Crippen LogP contribution in [0.4, 0.5) is 0 Å². The van der Waals surface area contributed by atoms with E-state index < -0.39 is 0 Å². The van der Waals surface area contributed by atoms with Crippen LogP contribution in [0.5, 0.6) is 5.75 Å². The summed E-state index contributed by atoms with van der Waals surface area (Å²) in [6, 6.07) is 10.0. The van der Waals surface area contributed by atoms with Crippen molar-refractivity contribution in [2.75, 3.05) is 0 Å². The fraction of sp³-hybridized carbons (Fsp3) is 0.538. The minimum absolute atomic E-state index is 0.0362. The molecule has 3 heteroatoms. The van der Waals surface area contributed by atoms with Crippen molar-refractivity contribution >= 4 is 5.97 Å². The van der Waals surface area contributed by atoms with Crippen molar-refractivity contribution in [3.05, 3.63) is 54.1 Å². The first-order valence-corrected chi connectivity index (χ1v) is 11.2. The summed E-state index contributed by atoms with van der Waals surface area (Å²) in [6.45, 7) is 2.23. The van der Waals surface area contributed by atoms with Crippen molar-refractivity contribution in [1.29, 1.82) is 5.26 Å². The molecule has 29 heavy (non-hydrogen) atoms. The largest absolute Gasteiger partial charge is 0.426 e. The summed E-state index contributed by atoms with van der Waals surface area (Å²) >= 11 is 0. The molecule has 0 heterocycles. The zero-order valence-corrected chi connectivity index (χ0v) is 17.8. The summed E-state index contributed by atoms with van der Waals surface area (Å²) < 4.78 is 5.64. The second kappa shape index (κ2) is 13.8. The van der Waals surface area contributed by atoms with Crippen LogP contribution in [0.25, 0.3) is 0 Å². The number of esters is 1. The van der Waals surface area contributed by atoms with E-state index in [-0.39, 0.29) is 11.9 Å². The Hall–Kier alpha value is -2.34. The van der Waals surface area contributed by atoms with Gasteiger partial charge in [-0.15, -0.1) is 0 Å². The van der Waals surface area contributed by atoms with Crippen molar-refractivity contribution in [3.8, 4) is 11.8 Å². The molecule has 1 aliphatic rings. The molecule has 1 saturated carbocycles. The first-order valence-electron chi connectivity index (χ1n) is 11.2. The third-order valence-corrected chi connectivity index (χ3v) is 5.80. The molecule has 0 saturated heterocycles. The lowest BCUT2D eigenvalue weighted by Gasteiger charge is -2.26. The number of nitriles is 1. The van der Waals surface area contributed by atoms with Crippen LogP contribution in [-0.2, 0) is 11.2 Å². The zero-order chi connectivity index (χ0) is 20.7. The second-order valence-electron chi connectivity index (χ2n) is 8.09. The second-order valence-corrected chi connectivity index (χ2v) is 8.09. The molecule has 1 aromatic carbocycles. The number of hydrogen-bond donors (Lipinski definition) is 0. The van der Waals surface area contributed by atoms with Crippen LogP contribution < -0.4 is 4.74 Å². The number of carbonyl (C=O) groups is 1. The van der Waals surface area contributed by atoms with Gasteiger partial charge in [0, 0.05) is 6.08 Å². The number of unbranched alkanes of at least 4 members (excludes halogenated alkanes) is 3. The van der Waals surface area contributed by atoms with Crippen molar-refractivity contribution in [3.63, 3.8) is 0 Å². The van der Waals surface area contributed by atoms with Crippen LogP contribution in [0.15, 0.2) is 48.6 Å². The maximum absolute atomic E-state index is 12.5. The van der Waals surface area contributed by atoms with E-state index in [4.69, 9.17) is 10.00 Å². The van der Waals surface area contributed by atoms with Crippen LogP contribution >= 0.6 is 0 Å². The Balaban J connectivity index is 1.67. The predicted molar refractivity (Wildman–Crippen MR) is 118 cm³/mol. The van der Waals surface area contributed by atoms with Crippen molar-refractivity contribution < 1.29 is 9.53 Å². The third kappa shape index (κ3) is 9.13. The van der Waals surface area contributed by atoms with Crippen LogP contribution in [0.2, 0.25) is 0 Å². The molecule has 3 nitrogen and oxygen atoms in total. The molecule has 0 bridgehead atoms. The Morgan fingerprint density at radius 3 is 2.55 bits per heavy atom. The normalized spacial score (nSPS) is 19.4. The van der Waals surface area contributed by atoms with Crippen LogP contribution in [0.1, 0.15) is 76.7 Å². The Kier molecular flexibility index (Phi) is 10.9. The van der Waals surface area contributed by atoms with Crippen LogP contribution in [0.3, 0.4) is 0 Å². The Morgan fingerprint density at radius 2 is 1.86 bits per heavy atom. The van der Waals surface area contributed by atoms with Crippen molar-refractivity contribution in [2.24, 2.45) is 11.8 Å². The molecular formula is C26H35NO2. The van der Waals surface area contributed by atoms with Gasteiger partial charge in [0.1, 0.15) is 5.75 Å². The van der Waals surface area contributed by atoms with Gasteiger partial charge in [-0.2, -0.15) is 5.26 Å². The summed E-state index contributed by atoms with van der Waals surface area (Å²) in [6.07, 6.45) is 19.7. The van der Waals surface area contributed by atoms with E-state index >= 15 is 0 Å². The summed E-state index contributed by atoms with van der Waals surface area (Å²) in [5.41, 5.74) is 1.32. The van der Waals surface area contributed by atoms with Gasteiger partial charge in [-0.3, -0.25) is 4.79 Å². The van der Waals surface area contributed by atoms with Crippen molar-refractivity contribution in [2.45, 2.75) is 77.6 Å². The average molecular weight is 394 g/mol. The van der Waals surface area contributed by atoms with Crippen LogP contribution in [-0.4, -0.2) is 5.97 Å². The average Bonchev–Trinajstić information content (AvgIpc) is 2.75. The lowest BCUT2D eigenvalue weighted by atomic mass is 9.80. The minimum Gasteiger partial charge on any atom is -0.426 e. The van der Waals surface area contributed by atoms with Gasteiger partial charge in [0.2, 0.25) is 0 Å². The number of nitrogens with zero attached hydrogens (tertiary/aromatic N) is 1. The number of hydrogen-bond acceptors (Lipinski definition) is 3. The fourth-order valence-electron chi connectivity index (χ4n) is 3.97. The molecule has 0 atom stereocenters. The highest BCUT2D eigenvalue weighted by Crippen LogP contribution is 2.32. The van der Waals surface area contributed by atoms with Gasteiger partial charge in [-0.05, 0) is 75.0 Å². The molecule has 0 spiro atoms. The van der Waals surface area contributed by atoms with Gasteiger partial charge in [0.15, 0.2) is 0 Å². The van der Waals surface area contributed by atoms with Gasteiger partial charge in [-0.1, -0.05) is 56.5 Å². The number of aryl methyl sites for hydroxylation is 1.